The molecule has 0 aliphatic heterocycles. The molecule has 0 aromatic carbocycles. The quantitative estimate of drug-likeness (QED) is 0.293. The van der Waals surface area contributed by atoms with E-state index >= 15 is 0 Å². The number of imidazole rings is 1. The van der Waals surface area contributed by atoms with Gasteiger partial charge in [0.25, 0.3) is 10.1 Å². The largest absolute Gasteiger partial charge is 0.286 e. The minimum absolute atomic E-state index is 0.177. The zero-order valence-corrected chi connectivity index (χ0v) is 16.0. The fourth-order valence-electron chi connectivity index (χ4n) is 2.91. The number of unbranched alkanes of at least 4 members (excludes halogenated alkanes) is 9. The summed E-state index contributed by atoms with van der Waals surface area (Å²) in [6.07, 6.45) is 19.8. The number of aromatic nitrogens is 2. The lowest BCUT2D eigenvalue weighted by molar-refractivity contribution is -0.696. The van der Waals surface area contributed by atoms with Gasteiger partial charge >= 0.3 is 0 Å². The predicted octanol–water partition coefficient (Wildman–Crippen LogP) is 3.97. The molecule has 0 bridgehead atoms. The van der Waals surface area contributed by atoms with Crippen LogP contribution in [0.2, 0.25) is 0 Å². The molecule has 6 heteroatoms. The first-order chi connectivity index (χ1) is 11.5. The molecular weight excluding hydrogens is 324 g/mol. The maximum Gasteiger partial charge on any atom is 0.265 e. The van der Waals surface area contributed by atoms with E-state index < -0.39 is 10.1 Å². The molecular formula is C18H35N2O3S+. The van der Waals surface area contributed by atoms with Gasteiger partial charge in [0, 0.05) is 6.42 Å². The average Bonchev–Trinajstić information content (AvgIpc) is 2.96. The van der Waals surface area contributed by atoms with E-state index in [0.717, 1.165) is 6.54 Å². The molecule has 1 aromatic rings. The summed E-state index contributed by atoms with van der Waals surface area (Å²) in [6, 6.07) is 0. The van der Waals surface area contributed by atoms with Crippen LogP contribution in [0.3, 0.4) is 0 Å². The van der Waals surface area contributed by atoms with Gasteiger partial charge in [-0.05, 0) is 12.8 Å². The van der Waals surface area contributed by atoms with E-state index in [-0.39, 0.29) is 5.75 Å². The van der Waals surface area contributed by atoms with Crippen LogP contribution in [0.25, 0.3) is 0 Å². The van der Waals surface area contributed by atoms with E-state index in [1.54, 1.807) is 0 Å². The van der Waals surface area contributed by atoms with Crippen LogP contribution in [0.15, 0.2) is 18.7 Å². The highest BCUT2D eigenvalue weighted by molar-refractivity contribution is 7.85. The van der Waals surface area contributed by atoms with Crippen molar-refractivity contribution >= 4 is 10.1 Å². The number of aryl methyl sites for hydroxylation is 2. The van der Waals surface area contributed by atoms with Crippen LogP contribution in [0.5, 0.6) is 0 Å². The predicted molar refractivity (Wildman–Crippen MR) is 97.5 cm³/mol. The minimum atomic E-state index is -3.84. The topological polar surface area (TPSA) is 63.2 Å². The molecule has 0 aliphatic rings. The van der Waals surface area contributed by atoms with E-state index in [2.05, 4.69) is 11.5 Å². The Morgan fingerprint density at radius 2 is 1.50 bits per heavy atom. The van der Waals surface area contributed by atoms with Gasteiger partial charge < -0.3 is 0 Å². The highest BCUT2D eigenvalue weighted by Crippen LogP contribution is 2.10. The second-order valence-electron chi connectivity index (χ2n) is 6.71. The lowest BCUT2D eigenvalue weighted by atomic mass is 10.1. The fraction of sp³-hybridized carbons (Fsp3) is 0.833. The zero-order valence-electron chi connectivity index (χ0n) is 15.2. The second kappa shape index (κ2) is 12.5. The van der Waals surface area contributed by atoms with Gasteiger partial charge in [-0.3, -0.25) is 4.55 Å². The maximum atomic E-state index is 10.7. The van der Waals surface area contributed by atoms with E-state index in [4.69, 9.17) is 4.55 Å². The summed E-state index contributed by atoms with van der Waals surface area (Å²) >= 11 is 0. The zero-order chi connectivity index (χ0) is 17.7. The lowest BCUT2D eigenvalue weighted by Crippen LogP contribution is -2.32. The smallest absolute Gasteiger partial charge is 0.265 e. The summed E-state index contributed by atoms with van der Waals surface area (Å²) in [6.45, 7) is 3.89. The third kappa shape index (κ3) is 11.6. The van der Waals surface area contributed by atoms with Gasteiger partial charge in [0.1, 0.15) is 12.4 Å². The molecule has 1 heterocycles. The average molecular weight is 360 g/mol. The summed E-state index contributed by atoms with van der Waals surface area (Å²) < 4.78 is 34.2. The molecule has 0 unspecified atom stereocenters. The Morgan fingerprint density at radius 1 is 0.917 bits per heavy atom. The number of rotatable bonds is 15. The Bertz CT molecular complexity index is 526. The molecule has 0 amide bonds. The van der Waals surface area contributed by atoms with Crippen LogP contribution in [0.4, 0.5) is 0 Å². The van der Waals surface area contributed by atoms with Gasteiger partial charge in [0.2, 0.25) is 6.33 Å². The van der Waals surface area contributed by atoms with Crippen LogP contribution in [-0.4, -0.2) is 23.3 Å². The molecule has 140 valence electrons. The summed E-state index contributed by atoms with van der Waals surface area (Å²) in [5, 5.41) is 0. The first-order valence-corrected chi connectivity index (χ1v) is 11.1. The number of hydrogen-bond donors (Lipinski definition) is 1. The standard InChI is InChI=1S/C18H34N2O3S/c1-2-3-4-5-6-7-8-9-10-11-13-19-15-16-20(18-19)14-12-17-24(21,22)23/h15-16,18H,2-14,17H2,1H3/p+1. The van der Waals surface area contributed by atoms with Crippen molar-refractivity contribution in [2.45, 2.75) is 90.6 Å². The van der Waals surface area contributed by atoms with Crippen LogP contribution >= 0.6 is 0 Å². The van der Waals surface area contributed by atoms with Crippen molar-refractivity contribution in [2.24, 2.45) is 0 Å². The van der Waals surface area contributed by atoms with E-state index in [0.29, 0.717) is 13.0 Å². The van der Waals surface area contributed by atoms with Gasteiger partial charge in [-0.1, -0.05) is 58.3 Å². The lowest BCUT2D eigenvalue weighted by Gasteiger charge is -2.01. The van der Waals surface area contributed by atoms with Crippen molar-refractivity contribution in [3.05, 3.63) is 18.7 Å². The summed E-state index contributed by atoms with van der Waals surface area (Å²) in [7, 11) is -3.84. The summed E-state index contributed by atoms with van der Waals surface area (Å²) in [5.74, 6) is -0.177. The third-order valence-electron chi connectivity index (χ3n) is 4.33. The number of nitrogens with zero attached hydrogens (tertiary/aromatic N) is 2. The van der Waals surface area contributed by atoms with Crippen LogP contribution in [-0.2, 0) is 23.2 Å². The highest BCUT2D eigenvalue weighted by atomic mass is 32.2. The van der Waals surface area contributed by atoms with Crippen molar-refractivity contribution in [1.29, 1.82) is 0 Å². The first kappa shape index (κ1) is 21.2. The van der Waals surface area contributed by atoms with E-state index in [1.165, 1.54) is 64.2 Å². The molecule has 24 heavy (non-hydrogen) atoms. The van der Waals surface area contributed by atoms with Gasteiger partial charge in [-0.15, -0.1) is 0 Å². The molecule has 0 fully saturated rings. The van der Waals surface area contributed by atoms with E-state index in [9.17, 15) is 8.42 Å². The third-order valence-corrected chi connectivity index (χ3v) is 5.14. The maximum absolute atomic E-state index is 10.7. The molecule has 0 aliphatic carbocycles. The SMILES string of the molecule is CCCCCCCCCCCCn1cc[n+](CCCS(=O)(=O)O)c1. The van der Waals surface area contributed by atoms with Crippen LogP contribution in [0, 0.1) is 0 Å². The molecule has 5 nitrogen and oxygen atoms in total. The Morgan fingerprint density at radius 3 is 2.08 bits per heavy atom. The molecule has 0 radical (unpaired) electrons. The van der Waals surface area contributed by atoms with Gasteiger partial charge in [-0.25, -0.2) is 9.13 Å². The van der Waals surface area contributed by atoms with Crippen molar-refractivity contribution in [1.82, 2.24) is 4.57 Å². The fourth-order valence-corrected chi connectivity index (χ4v) is 3.41. The Balaban J connectivity index is 2.00. The summed E-state index contributed by atoms with van der Waals surface area (Å²) in [4.78, 5) is 0. The van der Waals surface area contributed by atoms with Gasteiger partial charge in [0.15, 0.2) is 0 Å². The Labute approximate surface area is 147 Å². The molecule has 1 rings (SSSR count). The van der Waals surface area contributed by atoms with Gasteiger partial charge in [-0.2, -0.15) is 8.42 Å². The Kier molecular flexibility index (Phi) is 11.0. The second-order valence-corrected chi connectivity index (χ2v) is 8.28. The summed E-state index contributed by atoms with van der Waals surface area (Å²) in [5.41, 5.74) is 0. The van der Waals surface area contributed by atoms with Gasteiger partial charge in [0.05, 0.1) is 18.8 Å². The normalized spacial score (nSPS) is 11.9. The minimum Gasteiger partial charge on any atom is -0.286 e. The first-order valence-electron chi connectivity index (χ1n) is 9.51. The van der Waals surface area contributed by atoms with Crippen molar-refractivity contribution < 1.29 is 17.5 Å². The molecule has 0 saturated carbocycles. The monoisotopic (exact) mass is 359 g/mol. The van der Waals surface area contributed by atoms with Crippen molar-refractivity contribution in [3.8, 4) is 0 Å². The number of hydrogen-bond acceptors (Lipinski definition) is 2. The molecule has 0 saturated heterocycles. The Hall–Kier alpha value is -0.880. The highest BCUT2D eigenvalue weighted by Gasteiger charge is 2.07. The van der Waals surface area contributed by atoms with Crippen LogP contribution in [0.1, 0.15) is 77.6 Å². The van der Waals surface area contributed by atoms with Crippen molar-refractivity contribution in [3.63, 3.8) is 0 Å². The molecule has 1 aromatic heterocycles. The molecule has 0 spiro atoms. The van der Waals surface area contributed by atoms with Crippen molar-refractivity contribution in [2.75, 3.05) is 5.75 Å². The molecule has 1 N–H and O–H groups in total. The van der Waals surface area contributed by atoms with Crippen LogP contribution < -0.4 is 4.57 Å². The molecule has 0 atom stereocenters. The van der Waals surface area contributed by atoms with E-state index in [1.807, 2.05) is 23.3 Å².